The molecule has 1 aliphatic heterocycles. The van der Waals surface area contributed by atoms with Crippen molar-refractivity contribution in [2.75, 3.05) is 25.4 Å². The fourth-order valence-corrected chi connectivity index (χ4v) is 6.76. The average molecular weight is 493 g/mol. The lowest BCUT2D eigenvalue weighted by atomic mass is 9.97. The van der Waals surface area contributed by atoms with Crippen molar-refractivity contribution in [3.05, 3.63) is 52.2 Å². The van der Waals surface area contributed by atoms with Crippen molar-refractivity contribution in [2.45, 2.75) is 29.7 Å². The molecule has 1 amide bonds. The van der Waals surface area contributed by atoms with Gasteiger partial charge in [0.1, 0.15) is 0 Å². The van der Waals surface area contributed by atoms with Crippen LogP contribution in [0.1, 0.15) is 23.3 Å². The summed E-state index contributed by atoms with van der Waals surface area (Å²) < 4.78 is 66.3. The number of amides is 1. The van der Waals surface area contributed by atoms with Gasteiger partial charge in [-0.3, -0.25) is 4.79 Å². The Morgan fingerprint density at radius 1 is 1.16 bits per heavy atom. The summed E-state index contributed by atoms with van der Waals surface area (Å²) >= 11 is 3.41. The molecular formula is C20H23F3N2O3S3. The van der Waals surface area contributed by atoms with Crippen LogP contribution in [0.5, 0.6) is 0 Å². The minimum Gasteiger partial charge on any atom is -0.355 e. The lowest BCUT2D eigenvalue weighted by Gasteiger charge is -2.31. The third kappa shape index (κ3) is 6.24. The first-order valence-electron chi connectivity index (χ1n) is 9.74. The van der Waals surface area contributed by atoms with Crippen molar-refractivity contribution in [3.63, 3.8) is 0 Å². The van der Waals surface area contributed by atoms with Crippen molar-refractivity contribution in [1.82, 2.24) is 9.62 Å². The summed E-state index contributed by atoms with van der Waals surface area (Å²) in [4.78, 5) is 12.9. The van der Waals surface area contributed by atoms with Crippen LogP contribution in [-0.4, -0.2) is 44.0 Å². The number of halogens is 3. The molecule has 1 fully saturated rings. The van der Waals surface area contributed by atoms with Crippen LogP contribution in [0.2, 0.25) is 0 Å². The van der Waals surface area contributed by atoms with E-state index < -0.39 is 26.7 Å². The van der Waals surface area contributed by atoms with Gasteiger partial charge in [0.2, 0.25) is 15.9 Å². The summed E-state index contributed by atoms with van der Waals surface area (Å²) in [6.45, 7) is 0.547. The molecule has 1 aromatic heterocycles. The summed E-state index contributed by atoms with van der Waals surface area (Å²) in [6.07, 6.45) is -4.20. The van der Waals surface area contributed by atoms with E-state index in [0.29, 0.717) is 6.54 Å². The standard InChI is InChI=1S/C20H23F3N2O3S3/c21-20(22,23)17-5-1-2-6-18(17)31(27,28)25-10-7-15(8-11-25)19(26)24-9-13-29-14-16-4-3-12-30-16/h1-6,12,15H,7-11,13-14H2,(H,24,26). The number of hydrogen-bond donors (Lipinski definition) is 1. The molecule has 0 aliphatic carbocycles. The molecule has 2 aromatic rings. The molecule has 0 spiro atoms. The maximum atomic E-state index is 13.2. The van der Waals surface area contributed by atoms with Gasteiger partial charge in [-0.15, -0.1) is 11.3 Å². The van der Waals surface area contributed by atoms with Crippen LogP contribution in [0.25, 0.3) is 0 Å². The molecule has 1 N–H and O–H groups in total. The lowest BCUT2D eigenvalue weighted by Crippen LogP contribution is -2.43. The van der Waals surface area contributed by atoms with Gasteiger partial charge in [-0.25, -0.2) is 8.42 Å². The predicted molar refractivity (Wildman–Crippen MR) is 116 cm³/mol. The average Bonchev–Trinajstić information content (AvgIpc) is 3.26. The van der Waals surface area contributed by atoms with E-state index in [-0.39, 0.29) is 37.8 Å². The number of sulfonamides is 1. The van der Waals surface area contributed by atoms with Crippen molar-refractivity contribution in [3.8, 4) is 0 Å². The Hall–Kier alpha value is -1.56. The van der Waals surface area contributed by atoms with Gasteiger partial charge < -0.3 is 5.32 Å². The molecule has 11 heteroatoms. The number of alkyl halides is 3. The zero-order valence-corrected chi connectivity index (χ0v) is 19.0. The van der Waals surface area contributed by atoms with Gasteiger partial charge in [0, 0.05) is 41.9 Å². The maximum Gasteiger partial charge on any atom is 0.417 e. The van der Waals surface area contributed by atoms with E-state index in [4.69, 9.17) is 0 Å². The second kappa shape index (κ2) is 10.4. The highest BCUT2D eigenvalue weighted by Crippen LogP contribution is 2.36. The molecule has 1 aromatic carbocycles. The van der Waals surface area contributed by atoms with Gasteiger partial charge >= 0.3 is 6.18 Å². The molecule has 170 valence electrons. The molecule has 0 radical (unpaired) electrons. The zero-order valence-electron chi connectivity index (χ0n) is 16.6. The quantitative estimate of drug-likeness (QED) is 0.561. The van der Waals surface area contributed by atoms with Crippen LogP contribution >= 0.6 is 23.1 Å². The summed E-state index contributed by atoms with van der Waals surface area (Å²) in [5, 5.41) is 4.89. The van der Waals surface area contributed by atoms with E-state index in [1.165, 1.54) is 10.9 Å². The van der Waals surface area contributed by atoms with E-state index in [0.717, 1.165) is 34.0 Å². The fraction of sp³-hybridized carbons (Fsp3) is 0.450. The number of nitrogens with zero attached hydrogens (tertiary/aromatic N) is 1. The molecule has 2 heterocycles. The molecule has 31 heavy (non-hydrogen) atoms. The highest BCUT2D eigenvalue weighted by Gasteiger charge is 2.40. The van der Waals surface area contributed by atoms with Gasteiger partial charge in [0.25, 0.3) is 0 Å². The number of carbonyl (C=O) groups is 1. The number of nitrogens with one attached hydrogen (secondary N) is 1. The number of piperidine rings is 1. The Morgan fingerprint density at radius 2 is 1.87 bits per heavy atom. The van der Waals surface area contributed by atoms with Crippen LogP contribution in [0.3, 0.4) is 0 Å². The van der Waals surface area contributed by atoms with Gasteiger partial charge in [0.15, 0.2) is 0 Å². The van der Waals surface area contributed by atoms with Crippen molar-refractivity contribution < 1.29 is 26.4 Å². The lowest BCUT2D eigenvalue weighted by molar-refractivity contribution is -0.139. The van der Waals surface area contributed by atoms with Gasteiger partial charge in [-0.05, 0) is 36.4 Å². The Labute approximate surface area is 188 Å². The Kier molecular flexibility index (Phi) is 8.06. The fourth-order valence-electron chi connectivity index (χ4n) is 3.38. The SMILES string of the molecule is O=C(NCCSCc1cccs1)C1CCN(S(=O)(=O)c2ccccc2C(F)(F)F)CC1. The number of hydrogen-bond acceptors (Lipinski definition) is 5. The number of rotatable bonds is 8. The van der Waals surface area contributed by atoms with E-state index >= 15 is 0 Å². The van der Waals surface area contributed by atoms with Gasteiger partial charge in [-0.1, -0.05) is 18.2 Å². The molecule has 3 rings (SSSR count). The zero-order chi connectivity index (χ0) is 22.5. The molecule has 1 saturated heterocycles. The number of benzene rings is 1. The van der Waals surface area contributed by atoms with Crippen LogP contribution < -0.4 is 5.32 Å². The summed E-state index contributed by atoms with van der Waals surface area (Å²) in [7, 11) is -4.29. The smallest absolute Gasteiger partial charge is 0.355 e. The Bertz CT molecular complexity index is 971. The highest BCUT2D eigenvalue weighted by atomic mass is 32.2. The molecule has 0 unspecified atom stereocenters. The minimum absolute atomic E-state index is 0.0136. The van der Waals surface area contributed by atoms with Crippen LogP contribution in [0.4, 0.5) is 13.2 Å². The van der Waals surface area contributed by atoms with Gasteiger partial charge in [0.05, 0.1) is 10.5 Å². The van der Waals surface area contributed by atoms with E-state index in [2.05, 4.69) is 11.4 Å². The van der Waals surface area contributed by atoms with Crippen LogP contribution in [0, 0.1) is 5.92 Å². The first-order valence-corrected chi connectivity index (χ1v) is 13.2. The number of thiophene rings is 1. The molecule has 0 atom stereocenters. The molecule has 1 aliphatic rings. The second-order valence-electron chi connectivity index (χ2n) is 7.10. The molecular weight excluding hydrogens is 469 g/mol. The highest BCUT2D eigenvalue weighted by molar-refractivity contribution is 7.98. The van der Waals surface area contributed by atoms with E-state index in [1.54, 1.807) is 23.1 Å². The van der Waals surface area contributed by atoms with E-state index in [1.807, 2.05) is 11.4 Å². The first kappa shape index (κ1) is 24.1. The molecule has 0 bridgehead atoms. The van der Waals surface area contributed by atoms with Crippen molar-refractivity contribution >= 4 is 39.0 Å². The van der Waals surface area contributed by atoms with E-state index in [9.17, 15) is 26.4 Å². The molecule has 5 nitrogen and oxygen atoms in total. The summed E-state index contributed by atoms with van der Waals surface area (Å²) in [5.41, 5.74) is -1.17. The van der Waals surface area contributed by atoms with Gasteiger partial charge in [-0.2, -0.15) is 29.2 Å². The Balaban J connectivity index is 1.49. The normalized spacial score (nSPS) is 16.4. The predicted octanol–water partition coefficient (Wildman–Crippen LogP) is 4.22. The molecule has 0 saturated carbocycles. The third-order valence-electron chi connectivity index (χ3n) is 5.01. The monoisotopic (exact) mass is 492 g/mol. The topological polar surface area (TPSA) is 66.5 Å². The second-order valence-corrected chi connectivity index (χ2v) is 11.1. The van der Waals surface area contributed by atoms with Crippen LogP contribution in [0.15, 0.2) is 46.7 Å². The van der Waals surface area contributed by atoms with Crippen molar-refractivity contribution in [2.24, 2.45) is 5.92 Å². The summed E-state index contributed by atoms with van der Waals surface area (Å²) in [5.74, 6) is 1.19. The number of thioether (sulfide) groups is 1. The maximum absolute atomic E-state index is 13.2. The van der Waals surface area contributed by atoms with Crippen molar-refractivity contribution in [1.29, 1.82) is 0 Å². The first-order chi connectivity index (χ1) is 14.7. The minimum atomic E-state index is -4.76. The number of carbonyl (C=O) groups excluding carboxylic acids is 1. The largest absolute Gasteiger partial charge is 0.417 e. The third-order valence-corrected chi connectivity index (χ3v) is 9.03. The van der Waals surface area contributed by atoms with Crippen LogP contribution in [-0.2, 0) is 26.7 Å². The summed E-state index contributed by atoms with van der Waals surface area (Å²) in [6, 6.07) is 8.24. The Morgan fingerprint density at radius 3 is 2.52 bits per heavy atom.